The first-order valence-corrected chi connectivity index (χ1v) is 12.8. The fourth-order valence-electron chi connectivity index (χ4n) is 3.17. The van der Waals surface area contributed by atoms with Crippen molar-refractivity contribution in [1.82, 2.24) is 10.2 Å². The van der Waals surface area contributed by atoms with Gasteiger partial charge in [-0.25, -0.2) is 8.42 Å². The smallest absolute Gasteiger partial charge is 0.244 e. The van der Waals surface area contributed by atoms with E-state index >= 15 is 0 Å². The lowest BCUT2D eigenvalue weighted by Gasteiger charge is -2.33. The van der Waals surface area contributed by atoms with Crippen LogP contribution in [0.15, 0.2) is 48.5 Å². The van der Waals surface area contributed by atoms with Crippen LogP contribution >= 0.6 is 11.6 Å². The van der Waals surface area contributed by atoms with Gasteiger partial charge in [0.2, 0.25) is 21.8 Å². The largest absolute Gasteiger partial charge is 0.350 e. The maximum Gasteiger partial charge on any atom is 0.244 e. The Hall–Kier alpha value is -2.58. The molecule has 0 unspecified atom stereocenters. The molecule has 0 bridgehead atoms. The molecule has 0 radical (unpaired) electrons. The van der Waals surface area contributed by atoms with Crippen molar-refractivity contribution in [2.75, 3.05) is 17.1 Å². The number of hydrogen-bond acceptors (Lipinski definition) is 4. The second-order valence-electron chi connectivity index (χ2n) is 9.17. The molecule has 2 aromatic rings. The van der Waals surface area contributed by atoms with Gasteiger partial charge >= 0.3 is 0 Å². The van der Waals surface area contributed by atoms with Crippen LogP contribution in [0.4, 0.5) is 5.69 Å². The maximum absolute atomic E-state index is 13.4. The molecule has 0 saturated heterocycles. The number of anilines is 1. The van der Waals surface area contributed by atoms with Crippen LogP contribution in [0.2, 0.25) is 5.02 Å². The van der Waals surface area contributed by atoms with E-state index in [2.05, 4.69) is 5.32 Å². The van der Waals surface area contributed by atoms with E-state index in [9.17, 15) is 18.0 Å². The number of halogens is 1. The highest BCUT2D eigenvalue weighted by Gasteiger charge is 2.31. The van der Waals surface area contributed by atoms with E-state index in [4.69, 9.17) is 11.6 Å². The number of sulfonamides is 1. The van der Waals surface area contributed by atoms with Gasteiger partial charge in [0.1, 0.15) is 12.6 Å². The van der Waals surface area contributed by atoms with Crippen molar-refractivity contribution in [2.24, 2.45) is 0 Å². The monoisotopic (exact) mass is 493 g/mol. The van der Waals surface area contributed by atoms with Crippen molar-refractivity contribution in [1.29, 1.82) is 0 Å². The van der Waals surface area contributed by atoms with Crippen LogP contribution in [0.1, 0.15) is 38.8 Å². The number of nitrogens with one attached hydrogen (secondary N) is 1. The third kappa shape index (κ3) is 8.05. The van der Waals surface area contributed by atoms with Crippen LogP contribution in [0.25, 0.3) is 0 Å². The third-order valence-electron chi connectivity index (χ3n) is 4.93. The highest BCUT2D eigenvalue weighted by atomic mass is 35.5. The molecule has 9 heteroatoms. The Morgan fingerprint density at radius 2 is 1.58 bits per heavy atom. The number of rotatable bonds is 8. The predicted octanol–water partition coefficient (Wildman–Crippen LogP) is 3.75. The van der Waals surface area contributed by atoms with E-state index in [1.807, 2.05) is 27.7 Å². The standard InChI is InChI=1S/C24H32ClN3O4S/c1-17-7-13-21(14-8-17)28(33(6,31)32)16-22(29)27(15-19-9-11-20(25)12-10-19)18(2)23(30)26-24(3,4)5/h7-14,18H,15-16H2,1-6H3,(H,26,30)/t18-/m0/s1. The predicted molar refractivity (Wildman–Crippen MR) is 133 cm³/mol. The van der Waals surface area contributed by atoms with Crippen molar-refractivity contribution < 1.29 is 18.0 Å². The van der Waals surface area contributed by atoms with Crippen LogP contribution in [-0.4, -0.2) is 49.5 Å². The second-order valence-corrected chi connectivity index (χ2v) is 11.5. The Bertz CT molecular complexity index is 1080. The lowest BCUT2D eigenvalue weighted by Crippen LogP contribution is -2.54. The summed E-state index contributed by atoms with van der Waals surface area (Å²) in [5, 5.41) is 3.44. The Kier molecular flexibility index (Phi) is 8.54. The lowest BCUT2D eigenvalue weighted by atomic mass is 10.1. The van der Waals surface area contributed by atoms with Gasteiger partial charge in [-0.2, -0.15) is 0 Å². The zero-order chi connectivity index (χ0) is 25.0. The summed E-state index contributed by atoms with van der Waals surface area (Å²) in [5.41, 5.74) is 1.63. The van der Waals surface area contributed by atoms with Gasteiger partial charge in [0.15, 0.2) is 0 Å². The number of amides is 2. The molecule has 1 atom stereocenters. The van der Waals surface area contributed by atoms with Gasteiger partial charge in [0.05, 0.1) is 11.9 Å². The van der Waals surface area contributed by atoms with Gasteiger partial charge in [0, 0.05) is 17.1 Å². The van der Waals surface area contributed by atoms with Crippen LogP contribution < -0.4 is 9.62 Å². The number of carbonyl (C=O) groups excluding carboxylic acids is 2. The number of nitrogens with zero attached hydrogens (tertiary/aromatic N) is 2. The first-order valence-electron chi connectivity index (χ1n) is 10.6. The average molecular weight is 494 g/mol. The van der Waals surface area contributed by atoms with E-state index < -0.39 is 34.1 Å². The van der Waals surface area contributed by atoms with Crippen LogP contribution in [0.5, 0.6) is 0 Å². The first-order chi connectivity index (χ1) is 15.2. The molecular weight excluding hydrogens is 462 g/mol. The molecule has 1 N–H and O–H groups in total. The number of carbonyl (C=O) groups is 2. The van der Waals surface area contributed by atoms with Crippen molar-refractivity contribution in [3.8, 4) is 0 Å². The molecule has 0 heterocycles. The summed E-state index contributed by atoms with van der Waals surface area (Å²) in [7, 11) is -3.74. The molecular formula is C24H32ClN3O4S. The summed E-state index contributed by atoms with van der Waals surface area (Å²) in [5.74, 6) is -0.821. The Morgan fingerprint density at radius 1 is 1.03 bits per heavy atom. The van der Waals surface area contributed by atoms with Gasteiger partial charge in [0.25, 0.3) is 0 Å². The number of aryl methyl sites for hydroxylation is 1. The summed E-state index contributed by atoms with van der Waals surface area (Å²) < 4.78 is 26.1. The summed E-state index contributed by atoms with van der Waals surface area (Å²) >= 11 is 5.98. The van der Waals surface area contributed by atoms with Crippen molar-refractivity contribution in [3.05, 3.63) is 64.7 Å². The van der Waals surface area contributed by atoms with Crippen molar-refractivity contribution >= 4 is 39.1 Å². The summed E-state index contributed by atoms with van der Waals surface area (Å²) in [6.45, 7) is 8.78. The third-order valence-corrected chi connectivity index (χ3v) is 6.33. The SMILES string of the molecule is Cc1ccc(N(CC(=O)N(Cc2ccc(Cl)cc2)[C@@H](C)C(=O)NC(C)(C)C)S(C)(=O)=O)cc1. The minimum Gasteiger partial charge on any atom is -0.350 e. The molecule has 2 aromatic carbocycles. The van der Waals surface area contributed by atoms with E-state index in [1.54, 1.807) is 55.5 Å². The Balaban J connectivity index is 2.38. The van der Waals surface area contributed by atoms with Crippen LogP contribution in [-0.2, 0) is 26.2 Å². The second kappa shape index (κ2) is 10.6. The molecule has 33 heavy (non-hydrogen) atoms. The highest BCUT2D eigenvalue weighted by Crippen LogP contribution is 2.20. The Morgan fingerprint density at radius 3 is 2.06 bits per heavy atom. The fraction of sp³-hybridized carbons (Fsp3) is 0.417. The summed E-state index contributed by atoms with van der Waals surface area (Å²) in [6.07, 6.45) is 1.05. The van der Waals surface area contributed by atoms with Gasteiger partial charge in [-0.1, -0.05) is 41.4 Å². The zero-order valence-electron chi connectivity index (χ0n) is 19.9. The van der Waals surface area contributed by atoms with Crippen LogP contribution in [0.3, 0.4) is 0 Å². The Labute approximate surface area is 201 Å². The molecule has 7 nitrogen and oxygen atoms in total. The zero-order valence-corrected chi connectivity index (χ0v) is 21.5. The van der Waals surface area contributed by atoms with E-state index in [-0.39, 0.29) is 12.5 Å². The lowest BCUT2D eigenvalue weighted by molar-refractivity contribution is -0.140. The molecule has 0 aliphatic rings. The van der Waals surface area contributed by atoms with Crippen molar-refractivity contribution in [2.45, 2.75) is 52.7 Å². The number of hydrogen-bond donors (Lipinski definition) is 1. The van der Waals surface area contributed by atoms with Gasteiger partial charge < -0.3 is 10.2 Å². The minimum atomic E-state index is -3.74. The topological polar surface area (TPSA) is 86.8 Å². The molecule has 0 aliphatic heterocycles. The average Bonchev–Trinajstić information content (AvgIpc) is 2.69. The number of benzene rings is 2. The molecule has 0 aliphatic carbocycles. The van der Waals surface area contributed by atoms with E-state index in [0.29, 0.717) is 10.7 Å². The molecule has 0 saturated carbocycles. The molecule has 2 amide bonds. The maximum atomic E-state index is 13.4. The summed E-state index contributed by atoms with van der Waals surface area (Å²) in [6, 6.07) is 13.0. The molecule has 2 rings (SSSR count). The molecule has 180 valence electrons. The molecule has 0 fully saturated rings. The van der Waals surface area contributed by atoms with Gasteiger partial charge in [-0.3, -0.25) is 13.9 Å². The highest BCUT2D eigenvalue weighted by molar-refractivity contribution is 7.92. The van der Waals surface area contributed by atoms with E-state index in [0.717, 1.165) is 21.7 Å². The van der Waals surface area contributed by atoms with Gasteiger partial charge in [-0.15, -0.1) is 0 Å². The van der Waals surface area contributed by atoms with E-state index in [1.165, 1.54) is 4.90 Å². The molecule has 0 spiro atoms. The van der Waals surface area contributed by atoms with Gasteiger partial charge in [-0.05, 0) is 64.4 Å². The minimum absolute atomic E-state index is 0.125. The quantitative estimate of drug-likeness (QED) is 0.606. The van der Waals surface area contributed by atoms with Crippen molar-refractivity contribution in [3.63, 3.8) is 0 Å². The first kappa shape index (κ1) is 26.7. The summed E-state index contributed by atoms with van der Waals surface area (Å²) in [4.78, 5) is 27.7. The molecule has 0 aromatic heterocycles. The fourth-order valence-corrected chi connectivity index (χ4v) is 4.14. The normalized spacial score (nSPS) is 12.7. The van der Waals surface area contributed by atoms with Crippen LogP contribution in [0, 0.1) is 6.92 Å².